The van der Waals surface area contributed by atoms with E-state index in [9.17, 15) is 13.2 Å². The number of benzene rings is 1. The first-order valence-corrected chi connectivity index (χ1v) is 10.5. The summed E-state index contributed by atoms with van der Waals surface area (Å²) in [6, 6.07) is 7.03. The highest BCUT2D eigenvalue weighted by Gasteiger charge is 2.31. The Kier molecular flexibility index (Phi) is 5.59. The van der Waals surface area contributed by atoms with Crippen LogP contribution in [0.2, 0.25) is 0 Å². The molecule has 1 N–H and O–H groups in total. The normalized spacial score (nSPS) is 18.1. The number of carbonyl (C=O) groups is 1. The van der Waals surface area contributed by atoms with Gasteiger partial charge >= 0.3 is 0 Å². The zero-order valence-electron chi connectivity index (χ0n) is 15.3. The number of anilines is 2. The third-order valence-corrected chi connectivity index (χ3v) is 6.17. The van der Waals surface area contributed by atoms with E-state index in [1.54, 1.807) is 30.1 Å². The molecule has 0 saturated carbocycles. The van der Waals surface area contributed by atoms with Crippen molar-refractivity contribution in [2.75, 3.05) is 35.4 Å². The third kappa shape index (κ3) is 4.54. The molecule has 1 aliphatic rings. The van der Waals surface area contributed by atoms with Gasteiger partial charge in [0.1, 0.15) is 17.3 Å². The monoisotopic (exact) mass is 390 g/mol. The fourth-order valence-corrected chi connectivity index (χ4v) is 4.70. The van der Waals surface area contributed by atoms with Crippen LogP contribution in [0.15, 0.2) is 36.7 Å². The van der Waals surface area contributed by atoms with Gasteiger partial charge in [0, 0.05) is 13.1 Å². The molecule has 9 heteroatoms. The number of aromatic nitrogens is 2. The number of nitrogens with zero attached hydrogens (tertiary/aromatic N) is 3. The Morgan fingerprint density at radius 2 is 2.07 bits per heavy atom. The van der Waals surface area contributed by atoms with Crippen LogP contribution in [0.5, 0.6) is 5.75 Å². The van der Waals surface area contributed by atoms with E-state index in [4.69, 9.17) is 4.74 Å². The third-order valence-electron chi connectivity index (χ3n) is 4.42. The maximum Gasteiger partial charge on any atom is 0.275 e. The van der Waals surface area contributed by atoms with Crippen LogP contribution >= 0.6 is 0 Å². The van der Waals surface area contributed by atoms with Crippen LogP contribution in [0.25, 0.3) is 0 Å². The van der Waals surface area contributed by atoms with E-state index in [-0.39, 0.29) is 23.2 Å². The van der Waals surface area contributed by atoms with Gasteiger partial charge in [-0.1, -0.05) is 12.1 Å². The SMILES string of the molecule is CCOc1ccccc1NC(=O)c1cnc(N(C)C2CCS(=O)(=O)C2)cn1. The first kappa shape index (κ1) is 19.1. The fraction of sp³-hybridized carbons (Fsp3) is 0.389. The summed E-state index contributed by atoms with van der Waals surface area (Å²) in [5, 5.41) is 2.77. The molecule has 1 amide bonds. The highest BCUT2D eigenvalue weighted by molar-refractivity contribution is 7.91. The lowest BCUT2D eigenvalue weighted by Crippen LogP contribution is -2.33. The molecule has 1 unspecified atom stereocenters. The number of para-hydroxylation sites is 2. The lowest BCUT2D eigenvalue weighted by molar-refractivity contribution is 0.102. The molecule has 1 aromatic heterocycles. The summed E-state index contributed by atoms with van der Waals surface area (Å²) in [5.41, 5.74) is 0.723. The zero-order valence-corrected chi connectivity index (χ0v) is 16.1. The second kappa shape index (κ2) is 7.91. The number of hydrogen-bond acceptors (Lipinski definition) is 7. The predicted octanol–water partition coefficient (Wildman–Crippen LogP) is 1.75. The molecule has 3 rings (SSSR count). The molecule has 1 saturated heterocycles. The molecule has 2 heterocycles. The van der Waals surface area contributed by atoms with Crippen molar-refractivity contribution in [3.63, 3.8) is 0 Å². The Morgan fingerprint density at radius 1 is 1.30 bits per heavy atom. The van der Waals surface area contributed by atoms with Crippen LogP contribution in [0.4, 0.5) is 11.5 Å². The van der Waals surface area contributed by atoms with Crippen LogP contribution in [-0.2, 0) is 9.84 Å². The van der Waals surface area contributed by atoms with Gasteiger partial charge in [-0.05, 0) is 25.5 Å². The van der Waals surface area contributed by atoms with Gasteiger partial charge in [-0.3, -0.25) is 4.79 Å². The maximum absolute atomic E-state index is 12.4. The van der Waals surface area contributed by atoms with E-state index >= 15 is 0 Å². The number of ether oxygens (including phenoxy) is 1. The Balaban J connectivity index is 1.69. The highest BCUT2D eigenvalue weighted by Crippen LogP contribution is 2.24. The van der Waals surface area contributed by atoms with Crippen molar-refractivity contribution >= 4 is 27.2 Å². The number of hydrogen-bond donors (Lipinski definition) is 1. The topological polar surface area (TPSA) is 101 Å². The molecule has 2 aromatic rings. The van der Waals surface area contributed by atoms with Crippen molar-refractivity contribution in [2.24, 2.45) is 0 Å². The molecule has 8 nitrogen and oxygen atoms in total. The number of nitrogens with one attached hydrogen (secondary N) is 1. The van der Waals surface area contributed by atoms with Gasteiger partial charge in [0.15, 0.2) is 9.84 Å². The van der Waals surface area contributed by atoms with Gasteiger partial charge in [-0.2, -0.15) is 0 Å². The molecular formula is C18H22N4O4S. The predicted molar refractivity (Wildman–Crippen MR) is 103 cm³/mol. The lowest BCUT2D eigenvalue weighted by atomic mass is 10.2. The summed E-state index contributed by atoms with van der Waals surface area (Å²) in [5.74, 6) is 1.02. The molecule has 1 aliphatic heterocycles. The first-order valence-electron chi connectivity index (χ1n) is 8.68. The van der Waals surface area contributed by atoms with Crippen LogP contribution in [0.3, 0.4) is 0 Å². The van der Waals surface area contributed by atoms with Crippen LogP contribution in [-0.4, -0.2) is 55.5 Å². The molecule has 1 atom stereocenters. The van der Waals surface area contributed by atoms with Gasteiger partial charge in [0.05, 0.1) is 36.2 Å². The summed E-state index contributed by atoms with van der Waals surface area (Å²) in [6.45, 7) is 2.36. The van der Waals surface area contributed by atoms with E-state index < -0.39 is 15.7 Å². The van der Waals surface area contributed by atoms with Gasteiger partial charge in [0.2, 0.25) is 0 Å². The van der Waals surface area contributed by atoms with Crippen molar-refractivity contribution in [1.82, 2.24) is 9.97 Å². The van der Waals surface area contributed by atoms with Crippen molar-refractivity contribution in [1.29, 1.82) is 0 Å². The van der Waals surface area contributed by atoms with Crippen LogP contribution in [0.1, 0.15) is 23.8 Å². The Bertz CT molecular complexity index is 915. The molecule has 0 radical (unpaired) electrons. The van der Waals surface area contributed by atoms with Gasteiger partial charge in [-0.25, -0.2) is 18.4 Å². The molecule has 0 aliphatic carbocycles. The van der Waals surface area contributed by atoms with Crippen molar-refractivity contribution in [2.45, 2.75) is 19.4 Å². The summed E-state index contributed by atoms with van der Waals surface area (Å²) in [6.07, 6.45) is 3.43. The summed E-state index contributed by atoms with van der Waals surface area (Å²) >= 11 is 0. The average Bonchev–Trinajstić information content (AvgIpc) is 3.03. The van der Waals surface area contributed by atoms with Gasteiger partial charge in [-0.15, -0.1) is 0 Å². The van der Waals surface area contributed by atoms with Crippen LogP contribution < -0.4 is 15.0 Å². The first-order chi connectivity index (χ1) is 12.9. The smallest absolute Gasteiger partial charge is 0.275 e. The van der Waals surface area contributed by atoms with Crippen molar-refractivity contribution in [3.8, 4) is 5.75 Å². The second-order valence-corrected chi connectivity index (χ2v) is 8.54. The van der Waals surface area contributed by atoms with Crippen LogP contribution in [0, 0.1) is 0 Å². The average molecular weight is 390 g/mol. The summed E-state index contributed by atoms with van der Waals surface area (Å²) in [4.78, 5) is 22.7. The molecule has 0 bridgehead atoms. The molecule has 0 spiro atoms. The largest absolute Gasteiger partial charge is 0.492 e. The van der Waals surface area contributed by atoms with E-state index in [0.29, 0.717) is 30.3 Å². The van der Waals surface area contributed by atoms with Crippen molar-refractivity contribution < 1.29 is 17.9 Å². The lowest BCUT2D eigenvalue weighted by Gasteiger charge is -2.24. The zero-order chi connectivity index (χ0) is 19.4. The number of carbonyl (C=O) groups excluding carboxylic acids is 1. The maximum atomic E-state index is 12.4. The summed E-state index contributed by atoms with van der Waals surface area (Å²) in [7, 11) is -1.19. The fourth-order valence-electron chi connectivity index (χ4n) is 2.93. The molecule has 1 fully saturated rings. The Labute approximate surface area is 158 Å². The molecule has 1 aromatic carbocycles. The van der Waals surface area contributed by atoms with E-state index in [1.165, 1.54) is 12.4 Å². The van der Waals surface area contributed by atoms with Gasteiger partial charge < -0.3 is 15.0 Å². The standard InChI is InChI=1S/C18H22N4O4S/c1-3-26-16-7-5-4-6-14(16)21-18(23)15-10-20-17(11-19-15)22(2)13-8-9-27(24,25)12-13/h4-7,10-11,13H,3,8-9,12H2,1-2H3,(H,21,23). The number of sulfone groups is 1. The molecule has 27 heavy (non-hydrogen) atoms. The second-order valence-electron chi connectivity index (χ2n) is 6.31. The minimum absolute atomic E-state index is 0.113. The molecular weight excluding hydrogens is 368 g/mol. The number of amides is 1. The summed E-state index contributed by atoms with van der Waals surface area (Å²) < 4.78 is 28.8. The molecule has 144 valence electrons. The van der Waals surface area contributed by atoms with E-state index in [0.717, 1.165) is 0 Å². The van der Waals surface area contributed by atoms with E-state index in [1.807, 2.05) is 13.0 Å². The Morgan fingerprint density at radius 3 is 2.70 bits per heavy atom. The van der Waals surface area contributed by atoms with Gasteiger partial charge in [0.25, 0.3) is 5.91 Å². The quantitative estimate of drug-likeness (QED) is 0.802. The highest BCUT2D eigenvalue weighted by atomic mass is 32.2. The van der Waals surface area contributed by atoms with E-state index in [2.05, 4.69) is 15.3 Å². The minimum Gasteiger partial charge on any atom is -0.492 e. The minimum atomic E-state index is -2.98. The Hall–Kier alpha value is -2.68. The number of rotatable bonds is 6. The van der Waals surface area contributed by atoms with Crippen molar-refractivity contribution in [3.05, 3.63) is 42.4 Å².